The normalized spacial score (nSPS) is 12.4. The molecule has 6 heteroatoms. The predicted molar refractivity (Wildman–Crippen MR) is 87.8 cm³/mol. The van der Waals surface area contributed by atoms with Gasteiger partial charge < -0.3 is 10.4 Å². The van der Waals surface area contributed by atoms with Crippen LogP contribution in [0.15, 0.2) is 24.3 Å². The molecule has 4 nitrogen and oxygen atoms in total. The van der Waals surface area contributed by atoms with E-state index in [1.165, 1.54) is 12.1 Å². The van der Waals surface area contributed by atoms with Crippen molar-refractivity contribution >= 4 is 28.6 Å². The number of rotatable bonds is 6. The number of aromatic nitrogens is 1. The molecule has 1 heterocycles. The van der Waals surface area contributed by atoms with Gasteiger partial charge in [0.15, 0.2) is 0 Å². The minimum Gasteiger partial charge on any atom is -0.396 e. The lowest BCUT2D eigenvalue weighted by Crippen LogP contribution is -2.37. The fourth-order valence-corrected chi connectivity index (χ4v) is 2.94. The SMILES string of the molecule is CSCC(CCO)NC(=O)c1cc2ccc(F)cc2nc1C. The van der Waals surface area contributed by atoms with E-state index in [2.05, 4.69) is 10.3 Å². The minimum absolute atomic E-state index is 0.0275. The number of nitrogens with zero attached hydrogens (tertiary/aromatic N) is 1. The number of carbonyl (C=O) groups is 1. The highest BCUT2D eigenvalue weighted by Gasteiger charge is 2.16. The van der Waals surface area contributed by atoms with Crippen molar-refractivity contribution < 1.29 is 14.3 Å². The van der Waals surface area contributed by atoms with E-state index >= 15 is 0 Å². The average molecular weight is 322 g/mol. The average Bonchev–Trinajstić information content (AvgIpc) is 2.46. The van der Waals surface area contributed by atoms with Gasteiger partial charge in [0.1, 0.15) is 5.82 Å². The number of aryl methyl sites for hydroxylation is 1. The topological polar surface area (TPSA) is 62.2 Å². The summed E-state index contributed by atoms with van der Waals surface area (Å²) < 4.78 is 13.2. The monoisotopic (exact) mass is 322 g/mol. The van der Waals surface area contributed by atoms with Gasteiger partial charge in [0.2, 0.25) is 0 Å². The van der Waals surface area contributed by atoms with Crippen molar-refractivity contribution in [1.29, 1.82) is 0 Å². The second-order valence-electron chi connectivity index (χ2n) is 5.10. The van der Waals surface area contributed by atoms with E-state index < -0.39 is 0 Å². The number of hydrogen-bond donors (Lipinski definition) is 2. The smallest absolute Gasteiger partial charge is 0.253 e. The van der Waals surface area contributed by atoms with Crippen LogP contribution in [0.3, 0.4) is 0 Å². The molecule has 0 aliphatic rings. The van der Waals surface area contributed by atoms with Crippen molar-refractivity contribution in [3.63, 3.8) is 0 Å². The van der Waals surface area contributed by atoms with Crippen LogP contribution in [-0.2, 0) is 0 Å². The van der Waals surface area contributed by atoms with Crippen molar-refractivity contribution in [2.24, 2.45) is 0 Å². The fraction of sp³-hybridized carbons (Fsp3) is 0.375. The van der Waals surface area contributed by atoms with Crippen LogP contribution in [0.1, 0.15) is 22.5 Å². The van der Waals surface area contributed by atoms with Gasteiger partial charge in [0.25, 0.3) is 5.91 Å². The van der Waals surface area contributed by atoms with Crippen LogP contribution in [0.4, 0.5) is 4.39 Å². The number of halogens is 1. The molecule has 2 N–H and O–H groups in total. The molecule has 0 aliphatic heterocycles. The lowest BCUT2D eigenvalue weighted by Gasteiger charge is -2.17. The molecule has 1 unspecified atom stereocenters. The van der Waals surface area contributed by atoms with Gasteiger partial charge in [-0.3, -0.25) is 9.78 Å². The maximum atomic E-state index is 13.2. The highest BCUT2D eigenvalue weighted by molar-refractivity contribution is 7.98. The van der Waals surface area contributed by atoms with Crippen LogP contribution in [0, 0.1) is 12.7 Å². The van der Waals surface area contributed by atoms with Crippen LogP contribution >= 0.6 is 11.8 Å². The molecule has 1 aromatic carbocycles. The van der Waals surface area contributed by atoms with Crippen molar-refractivity contribution in [1.82, 2.24) is 10.3 Å². The van der Waals surface area contributed by atoms with Crippen LogP contribution in [0.2, 0.25) is 0 Å². The number of hydrogen-bond acceptors (Lipinski definition) is 4. The highest BCUT2D eigenvalue weighted by Crippen LogP contribution is 2.18. The van der Waals surface area contributed by atoms with Crippen LogP contribution in [0.25, 0.3) is 10.9 Å². The second-order valence-corrected chi connectivity index (χ2v) is 6.01. The molecule has 1 atom stereocenters. The Morgan fingerprint density at radius 2 is 2.23 bits per heavy atom. The Morgan fingerprint density at radius 3 is 2.91 bits per heavy atom. The Hall–Kier alpha value is -1.66. The molecule has 2 aromatic rings. The molecule has 22 heavy (non-hydrogen) atoms. The molecule has 0 bridgehead atoms. The Balaban J connectivity index is 2.27. The third kappa shape index (κ3) is 3.96. The van der Waals surface area contributed by atoms with Gasteiger partial charge in [-0.15, -0.1) is 0 Å². The fourth-order valence-electron chi connectivity index (χ4n) is 2.28. The highest BCUT2D eigenvalue weighted by atomic mass is 32.2. The number of nitrogens with one attached hydrogen (secondary N) is 1. The molecule has 118 valence electrons. The minimum atomic E-state index is -0.348. The lowest BCUT2D eigenvalue weighted by atomic mass is 10.1. The summed E-state index contributed by atoms with van der Waals surface area (Å²) in [6.45, 7) is 1.76. The molecule has 0 saturated heterocycles. The first kappa shape index (κ1) is 16.7. The number of aliphatic hydroxyl groups excluding tert-OH is 1. The number of benzene rings is 1. The zero-order chi connectivity index (χ0) is 16.1. The van der Waals surface area contributed by atoms with Gasteiger partial charge in [-0.2, -0.15) is 11.8 Å². The molecular formula is C16H19FN2O2S. The zero-order valence-corrected chi connectivity index (χ0v) is 13.4. The Labute approximate surface area is 133 Å². The number of amides is 1. The molecule has 1 amide bonds. The summed E-state index contributed by atoms with van der Waals surface area (Å²) in [7, 11) is 0. The number of thioether (sulfide) groups is 1. The van der Waals surface area contributed by atoms with Gasteiger partial charge in [-0.05, 0) is 37.8 Å². The molecular weight excluding hydrogens is 303 g/mol. The van der Waals surface area contributed by atoms with E-state index in [4.69, 9.17) is 5.11 Å². The number of aliphatic hydroxyl groups is 1. The Bertz CT molecular complexity index is 672. The summed E-state index contributed by atoms with van der Waals surface area (Å²) >= 11 is 1.61. The number of fused-ring (bicyclic) bond motifs is 1. The van der Waals surface area contributed by atoms with Crippen LogP contribution in [-0.4, -0.2) is 40.7 Å². The summed E-state index contributed by atoms with van der Waals surface area (Å²) in [6.07, 6.45) is 2.46. The Kier molecular flexibility index (Phi) is 5.74. The summed E-state index contributed by atoms with van der Waals surface area (Å²) in [5.41, 5.74) is 1.57. The van der Waals surface area contributed by atoms with E-state index in [9.17, 15) is 9.18 Å². The van der Waals surface area contributed by atoms with Crippen molar-refractivity contribution in [2.45, 2.75) is 19.4 Å². The maximum absolute atomic E-state index is 13.2. The van der Waals surface area contributed by atoms with Crippen molar-refractivity contribution in [3.05, 3.63) is 41.3 Å². The quantitative estimate of drug-likeness (QED) is 0.858. The van der Waals surface area contributed by atoms with E-state index in [-0.39, 0.29) is 24.4 Å². The van der Waals surface area contributed by atoms with Gasteiger partial charge in [-0.1, -0.05) is 0 Å². The first-order chi connectivity index (χ1) is 10.5. The van der Waals surface area contributed by atoms with Crippen molar-refractivity contribution in [2.75, 3.05) is 18.6 Å². The standard InChI is InChI=1S/C16H19FN2O2S/c1-10-14(16(21)19-13(5-6-20)9-22-2)7-11-3-4-12(17)8-15(11)18-10/h3-4,7-8,13,20H,5-6,9H2,1-2H3,(H,19,21). The maximum Gasteiger partial charge on any atom is 0.253 e. The second kappa shape index (κ2) is 7.56. The first-order valence-corrected chi connectivity index (χ1v) is 8.42. The third-order valence-electron chi connectivity index (χ3n) is 3.40. The number of carbonyl (C=O) groups excluding carboxylic acids is 1. The predicted octanol–water partition coefficient (Wildman–Crippen LogP) is 2.53. The molecule has 1 aromatic heterocycles. The molecule has 2 rings (SSSR count). The van der Waals surface area contributed by atoms with Crippen LogP contribution in [0.5, 0.6) is 0 Å². The van der Waals surface area contributed by atoms with Crippen LogP contribution < -0.4 is 5.32 Å². The summed E-state index contributed by atoms with van der Waals surface area (Å²) in [5.74, 6) is 0.167. The molecule has 0 spiro atoms. The number of pyridine rings is 1. The van der Waals surface area contributed by atoms with Crippen molar-refractivity contribution in [3.8, 4) is 0 Å². The largest absolute Gasteiger partial charge is 0.396 e. The summed E-state index contributed by atoms with van der Waals surface area (Å²) in [6, 6.07) is 5.95. The summed E-state index contributed by atoms with van der Waals surface area (Å²) in [4.78, 5) is 16.7. The van der Waals surface area contributed by atoms with E-state index in [1.54, 1.807) is 30.8 Å². The van der Waals surface area contributed by atoms with Gasteiger partial charge >= 0.3 is 0 Å². The lowest BCUT2D eigenvalue weighted by molar-refractivity contribution is 0.0934. The Morgan fingerprint density at radius 1 is 1.45 bits per heavy atom. The van der Waals surface area contributed by atoms with Gasteiger partial charge in [-0.25, -0.2) is 4.39 Å². The molecule has 0 aliphatic carbocycles. The molecule has 0 fully saturated rings. The zero-order valence-electron chi connectivity index (χ0n) is 12.6. The third-order valence-corrected chi connectivity index (χ3v) is 4.13. The van der Waals surface area contributed by atoms with E-state index in [0.717, 1.165) is 11.1 Å². The first-order valence-electron chi connectivity index (χ1n) is 7.02. The van der Waals surface area contributed by atoms with E-state index in [1.807, 2.05) is 6.26 Å². The summed E-state index contributed by atoms with van der Waals surface area (Å²) in [5, 5.41) is 12.7. The molecule has 0 radical (unpaired) electrons. The van der Waals surface area contributed by atoms with E-state index in [0.29, 0.717) is 23.2 Å². The van der Waals surface area contributed by atoms with Gasteiger partial charge in [0.05, 0.1) is 16.8 Å². The van der Waals surface area contributed by atoms with Gasteiger partial charge in [0, 0.05) is 29.9 Å². The molecule has 0 saturated carbocycles.